The Morgan fingerprint density at radius 3 is 1.82 bits per heavy atom. The lowest BCUT2D eigenvalue weighted by molar-refractivity contribution is 0.162. The van der Waals surface area contributed by atoms with E-state index in [0.717, 1.165) is 37.8 Å². The zero-order valence-corrected chi connectivity index (χ0v) is 13.2. The predicted octanol–water partition coefficient (Wildman–Crippen LogP) is 4.00. The summed E-state index contributed by atoms with van der Waals surface area (Å²) in [5.74, 6) is -2.60. The van der Waals surface area contributed by atoms with E-state index in [1.807, 2.05) is 0 Å². The maximum Gasteiger partial charge on any atom is 0.194 e. The smallest absolute Gasteiger partial charge is 0.194 e. The summed E-state index contributed by atoms with van der Waals surface area (Å²) in [6, 6.07) is 2.28. The Balaban J connectivity index is 0.000000346. The molecule has 2 nitrogen and oxygen atoms in total. The summed E-state index contributed by atoms with van der Waals surface area (Å²) in [5.41, 5.74) is 0.600. The molecule has 0 bridgehead atoms. The predicted molar refractivity (Wildman–Crippen MR) is 80.0 cm³/mol. The van der Waals surface area contributed by atoms with Gasteiger partial charge in [-0.25, -0.2) is 13.2 Å². The summed E-state index contributed by atoms with van der Waals surface area (Å²) in [4.78, 5) is 0. The normalized spacial score (nSPS) is 21.5. The molecule has 0 radical (unpaired) electrons. The van der Waals surface area contributed by atoms with E-state index in [-0.39, 0.29) is 25.0 Å². The molecule has 22 heavy (non-hydrogen) atoms. The molecule has 0 unspecified atom stereocenters. The average molecular weight is 318 g/mol. The maximum atomic E-state index is 13.1. The van der Waals surface area contributed by atoms with Gasteiger partial charge in [0, 0.05) is 19.1 Å². The number of hydrogen-bond acceptors (Lipinski definition) is 2. The van der Waals surface area contributed by atoms with Crippen LogP contribution in [0.25, 0.3) is 0 Å². The summed E-state index contributed by atoms with van der Waals surface area (Å²) >= 11 is 0. The minimum absolute atomic E-state index is 0.0463. The molecule has 1 aliphatic rings. The Morgan fingerprint density at radius 2 is 1.45 bits per heavy atom. The molecular weight excluding hydrogens is 293 g/mol. The van der Waals surface area contributed by atoms with Crippen LogP contribution in [0.3, 0.4) is 0 Å². The zero-order valence-electron chi connectivity index (χ0n) is 13.2. The van der Waals surface area contributed by atoms with Gasteiger partial charge in [-0.3, -0.25) is 0 Å². The largest absolute Gasteiger partial charge is 0.396 e. The van der Waals surface area contributed by atoms with Gasteiger partial charge in [0.2, 0.25) is 0 Å². The Labute approximate surface area is 130 Å². The summed E-state index contributed by atoms with van der Waals surface area (Å²) in [6.07, 6.45) is 4.02. The van der Waals surface area contributed by atoms with Crippen LogP contribution in [0.15, 0.2) is 12.1 Å². The molecule has 0 aromatic heterocycles. The minimum Gasteiger partial charge on any atom is -0.396 e. The highest BCUT2D eigenvalue weighted by atomic mass is 19.2. The van der Waals surface area contributed by atoms with Crippen molar-refractivity contribution in [2.24, 2.45) is 11.8 Å². The van der Waals surface area contributed by atoms with Gasteiger partial charge in [-0.2, -0.15) is 0 Å². The quantitative estimate of drug-likeness (QED) is 0.827. The SMILES string of the molecule is CC(CO)CO.CC1CCC(c2cc(F)c(F)c(F)c2)CC1. The molecule has 1 aliphatic carbocycles. The molecule has 0 atom stereocenters. The second-order valence-corrected chi connectivity index (χ2v) is 6.23. The summed E-state index contributed by atoms with van der Waals surface area (Å²) in [7, 11) is 0. The van der Waals surface area contributed by atoms with Crippen molar-refractivity contribution in [1.29, 1.82) is 0 Å². The first-order chi connectivity index (χ1) is 10.4. The molecule has 1 aromatic rings. The molecule has 0 aliphatic heterocycles. The van der Waals surface area contributed by atoms with Crippen molar-refractivity contribution in [2.75, 3.05) is 13.2 Å². The first kappa shape index (κ1) is 19.0. The van der Waals surface area contributed by atoms with Crippen LogP contribution in [-0.4, -0.2) is 23.4 Å². The van der Waals surface area contributed by atoms with Gasteiger partial charge in [0.1, 0.15) is 0 Å². The number of aliphatic hydroxyl groups excluding tert-OH is 2. The van der Waals surface area contributed by atoms with Gasteiger partial charge in [-0.05, 0) is 42.4 Å². The van der Waals surface area contributed by atoms with E-state index in [4.69, 9.17) is 10.2 Å². The van der Waals surface area contributed by atoms with Crippen LogP contribution < -0.4 is 0 Å². The Kier molecular flexibility index (Phi) is 7.90. The molecule has 0 heterocycles. The number of hydrogen-bond donors (Lipinski definition) is 2. The number of halogens is 3. The number of rotatable bonds is 3. The van der Waals surface area contributed by atoms with Crippen LogP contribution in [0, 0.1) is 29.3 Å². The highest BCUT2D eigenvalue weighted by molar-refractivity contribution is 5.23. The van der Waals surface area contributed by atoms with Crippen molar-refractivity contribution in [3.8, 4) is 0 Å². The van der Waals surface area contributed by atoms with Gasteiger partial charge in [0.25, 0.3) is 0 Å². The molecule has 2 N–H and O–H groups in total. The van der Waals surface area contributed by atoms with Crippen molar-refractivity contribution >= 4 is 0 Å². The average Bonchev–Trinajstić information content (AvgIpc) is 2.52. The highest BCUT2D eigenvalue weighted by Crippen LogP contribution is 2.36. The third-order valence-corrected chi connectivity index (χ3v) is 4.12. The summed E-state index contributed by atoms with van der Waals surface area (Å²) in [5, 5.41) is 16.3. The third-order valence-electron chi connectivity index (χ3n) is 4.12. The molecule has 5 heteroatoms. The summed E-state index contributed by atoms with van der Waals surface area (Å²) < 4.78 is 38.9. The van der Waals surface area contributed by atoms with E-state index in [1.54, 1.807) is 6.92 Å². The van der Waals surface area contributed by atoms with Gasteiger partial charge < -0.3 is 10.2 Å². The monoisotopic (exact) mass is 318 g/mol. The fourth-order valence-corrected chi connectivity index (χ4v) is 2.46. The Hall–Kier alpha value is -1.07. The molecule has 0 saturated heterocycles. The standard InChI is InChI=1S/C13H15F3.C4H10O2/c1-8-2-4-9(5-3-8)10-6-11(14)13(16)12(15)7-10;1-4(2-5)3-6/h6-9H,2-5H2,1H3;4-6H,2-3H2,1H3. The van der Waals surface area contributed by atoms with Gasteiger partial charge >= 0.3 is 0 Å². The number of aliphatic hydroxyl groups is 2. The van der Waals surface area contributed by atoms with Crippen LogP contribution in [-0.2, 0) is 0 Å². The van der Waals surface area contributed by atoms with Crippen LogP contribution in [0.5, 0.6) is 0 Å². The van der Waals surface area contributed by atoms with Crippen LogP contribution in [0.1, 0.15) is 51.0 Å². The first-order valence-electron chi connectivity index (χ1n) is 7.75. The summed E-state index contributed by atoms with van der Waals surface area (Å²) in [6.45, 7) is 4.12. The topological polar surface area (TPSA) is 40.5 Å². The van der Waals surface area contributed by atoms with Crippen molar-refractivity contribution < 1.29 is 23.4 Å². The molecule has 0 spiro atoms. The molecule has 1 aromatic carbocycles. The van der Waals surface area contributed by atoms with Gasteiger partial charge in [-0.15, -0.1) is 0 Å². The minimum atomic E-state index is -1.37. The lowest BCUT2D eigenvalue weighted by Gasteiger charge is -2.26. The van der Waals surface area contributed by atoms with Gasteiger partial charge in [0.15, 0.2) is 17.5 Å². The van der Waals surface area contributed by atoms with E-state index >= 15 is 0 Å². The van der Waals surface area contributed by atoms with Crippen molar-refractivity contribution in [2.45, 2.75) is 45.4 Å². The first-order valence-corrected chi connectivity index (χ1v) is 7.75. The molecule has 1 fully saturated rings. The van der Waals surface area contributed by atoms with E-state index in [9.17, 15) is 13.2 Å². The molecule has 2 rings (SSSR count). The molecule has 1 saturated carbocycles. The van der Waals surface area contributed by atoms with Crippen LogP contribution >= 0.6 is 0 Å². The lowest BCUT2D eigenvalue weighted by atomic mass is 9.79. The second-order valence-electron chi connectivity index (χ2n) is 6.23. The van der Waals surface area contributed by atoms with Crippen LogP contribution in [0.4, 0.5) is 13.2 Å². The van der Waals surface area contributed by atoms with E-state index in [0.29, 0.717) is 11.5 Å². The third kappa shape index (κ3) is 5.61. The Bertz CT molecular complexity index is 430. The van der Waals surface area contributed by atoms with E-state index in [1.165, 1.54) is 0 Å². The van der Waals surface area contributed by atoms with Crippen LogP contribution in [0.2, 0.25) is 0 Å². The number of benzene rings is 1. The van der Waals surface area contributed by atoms with E-state index in [2.05, 4.69) is 6.92 Å². The fourth-order valence-electron chi connectivity index (χ4n) is 2.46. The van der Waals surface area contributed by atoms with Crippen molar-refractivity contribution in [3.63, 3.8) is 0 Å². The lowest BCUT2D eigenvalue weighted by Crippen LogP contribution is -2.11. The van der Waals surface area contributed by atoms with Crippen molar-refractivity contribution in [3.05, 3.63) is 35.1 Å². The maximum absolute atomic E-state index is 13.1. The van der Waals surface area contributed by atoms with Crippen molar-refractivity contribution in [1.82, 2.24) is 0 Å². The fraction of sp³-hybridized carbons (Fsp3) is 0.647. The van der Waals surface area contributed by atoms with Gasteiger partial charge in [-0.1, -0.05) is 26.7 Å². The Morgan fingerprint density at radius 1 is 1.00 bits per heavy atom. The molecule has 0 amide bonds. The zero-order chi connectivity index (χ0) is 16.7. The second kappa shape index (κ2) is 9.16. The highest BCUT2D eigenvalue weighted by Gasteiger charge is 2.22. The van der Waals surface area contributed by atoms with Gasteiger partial charge in [0.05, 0.1) is 0 Å². The molecule has 126 valence electrons. The molecular formula is C17H25F3O2. The van der Waals surface area contributed by atoms with E-state index < -0.39 is 17.5 Å².